The number of aliphatic carboxylic acids is 1. The minimum absolute atomic E-state index is 0.0706. The quantitative estimate of drug-likeness (QED) is 0.701. The van der Waals surface area contributed by atoms with Crippen LogP contribution in [0.3, 0.4) is 0 Å². The number of carbonyl (C=O) groups excluding carboxylic acids is 1. The van der Waals surface area contributed by atoms with Crippen LogP contribution < -0.4 is 5.32 Å². The van der Waals surface area contributed by atoms with Crippen molar-refractivity contribution in [3.63, 3.8) is 0 Å². The van der Waals surface area contributed by atoms with E-state index in [0.29, 0.717) is 6.42 Å². The predicted octanol–water partition coefficient (Wildman–Crippen LogP) is 4.39. The van der Waals surface area contributed by atoms with Crippen molar-refractivity contribution in [3.8, 4) is 0 Å². The molecule has 1 fully saturated rings. The van der Waals surface area contributed by atoms with E-state index in [1.165, 1.54) is 0 Å². The monoisotopic (exact) mass is 429 g/mol. The molecule has 1 aliphatic carbocycles. The first-order valence-corrected chi connectivity index (χ1v) is 9.07. The van der Waals surface area contributed by atoms with Gasteiger partial charge < -0.3 is 10.4 Å². The van der Waals surface area contributed by atoms with Gasteiger partial charge in [0.15, 0.2) is 0 Å². The summed E-state index contributed by atoms with van der Waals surface area (Å²) in [5.41, 5.74) is 0.625. The fourth-order valence-electron chi connectivity index (χ4n) is 3.57. The number of amides is 1. The third-order valence-electron chi connectivity index (χ3n) is 4.74. The zero-order valence-corrected chi connectivity index (χ0v) is 16.0. The molecule has 2 rings (SSSR count). The van der Waals surface area contributed by atoms with Gasteiger partial charge in [-0.05, 0) is 71.0 Å². The van der Waals surface area contributed by atoms with Gasteiger partial charge in [0.1, 0.15) is 0 Å². The molecule has 5 heteroatoms. The van der Waals surface area contributed by atoms with E-state index in [1.54, 1.807) is 0 Å². The number of carbonyl (C=O) groups is 2. The normalized spacial score (nSPS) is 25.0. The van der Waals surface area contributed by atoms with E-state index in [4.69, 9.17) is 0 Å². The Balaban J connectivity index is 2.26. The van der Waals surface area contributed by atoms with E-state index >= 15 is 0 Å². The molecule has 3 unspecified atom stereocenters. The summed E-state index contributed by atoms with van der Waals surface area (Å²) >= 11 is 2.21. The Kier molecular flexibility index (Phi) is 5.70. The lowest BCUT2D eigenvalue weighted by Gasteiger charge is -2.42. The van der Waals surface area contributed by atoms with Crippen LogP contribution in [0.5, 0.6) is 0 Å². The van der Waals surface area contributed by atoms with Gasteiger partial charge >= 0.3 is 5.97 Å². The molecule has 4 nitrogen and oxygen atoms in total. The molecular weight excluding hydrogens is 405 g/mol. The van der Waals surface area contributed by atoms with Crippen molar-refractivity contribution in [2.24, 2.45) is 23.2 Å². The number of nitrogens with one attached hydrogen (secondary N) is 1. The van der Waals surface area contributed by atoms with E-state index in [-0.39, 0.29) is 17.2 Å². The van der Waals surface area contributed by atoms with Crippen LogP contribution >= 0.6 is 22.6 Å². The number of hydrogen-bond donors (Lipinski definition) is 2. The Bertz CT molecular complexity index is 577. The minimum atomic E-state index is -0.860. The lowest BCUT2D eigenvalue weighted by atomic mass is 9.62. The summed E-state index contributed by atoms with van der Waals surface area (Å²) in [6.07, 6.45) is 2.34. The fraction of sp³-hybridized carbons (Fsp3) is 0.556. The molecule has 0 heterocycles. The van der Waals surface area contributed by atoms with Crippen molar-refractivity contribution >= 4 is 40.2 Å². The Morgan fingerprint density at radius 1 is 1.17 bits per heavy atom. The molecule has 0 radical (unpaired) electrons. The molecule has 126 valence electrons. The molecule has 0 saturated heterocycles. The number of halogens is 1. The molecule has 0 aliphatic heterocycles. The largest absolute Gasteiger partial charge is 0.481 e. The molecule has 1 aromatic carbocycles. The van der Waals surface area contributed by atoms with Crippen molar-refractivity contribution in [1.29, 1.82) is 0 Å². The molecule has 0 bridgehead atoms. The number of benzene rings is 1. The van der Waals surface area contributed by atoms with Crippen LogP contribution in [0, 0.1) is 26.7 Å². The zero-order valence-electron chi connectivity index (χ0n) is 13.8. The molecule has 1 aliphatic rings. The second-order valence-electron chi connectivity index (χ2n) is 7.37. The summed E-state index contributed by atoms with van der Waals surface area (Å²) in [7, 11) is 0. The van der Waals surface area contributed by atoms with E-state index in [1.807, 2.05) is 24.3 Å². The van der Waals surface area contributed by atoms with E-state index in [9.17, 15) is 14.7 Å². The van der Waals surface area contributed by atoms with Gasteiger partial charge in [-0.2, -0.15) is 0 Å². The zero-order chi connectivity index (χ0) is 17.2. The van der Waals surface area contributed by atoms with Gasteiger partial charge in [0.05, 0.1) is 11.8 Å². The highest BCUT2D eigenvalue weighted by molar-refractivity contribution is 14.1. The highest BCUT2D eigenvalue weighted by Crippen LogP contribution is 2.45. The van der Waals surface area contributed by atoms with Crippen LogP contribution in [0.2, 0.25) is 0 Å². The smallest absolute Gasteiger partial charge is 0.307 e. The molecule has 0 aromatic heterocycles. The topological polar surface area (TPSA) is 66.4 Å². The van der Waals surface area contributed by atoms with Crippen molar-refractivity contribution in [1.82, 2.24) is 0 Å². The Hall–Kier alpha value is -1.11. The van der Waals surface area contributed by atoms with Crippen LogP contribution in [0.25, 0.3) is 0 Å². The fourth-order valence-corrected chi connectivity index (χ4v) is 3.93. The second-order valence-corrected chi connectivity index (χ2v) is 8.62. The molecule has 0 spiro atoms. The highest BCUT2D eigenvalue weighted by Gasteiger charge is 2.46. The molecule has 1 aromatic rings. The maximum Gasteiger partial charge on any atom is 0.307 e. The Labute approximate surface area is 151 Å². The van der Waals surface area contributed by atoms with Crippen LogP contribution in [-0.2, 0) is 9.59 Å². The summed E-state index contributed by atoms with van der Waals surface area (Å²) in [5, 5.41) is 12.5. The van der Waals surface area contributed by atoms with Crippen molar-refractivity contribution in [3.05, 3.63) is 27.8 Å². The summed E-state index contributed by atoms with van der Waals surface area (Å²) in [5.74, 6) is -2.04. The highest BCUT2D eigenvalue weighted by atomic mass is 127. The number of carboxylic acid groups (broad SMARTS) is 1. The minimum Gasteiger partial charge on any atom is -0.481 e. The third kappa shape index (κ3) is 4.46. The van der Waals surface area contributed by atoms with Gasteiger partial charge in [0.25, 0.3) is 0 Å². The first kappa shape index (κ1) is 18.2. The van der Waals surface area contributed by atoms with Gasteiger partial charge in [0.2, 0.25) is 5.91 Å². The van der Waals surface area contributed by atoms with Crippen molar-refractivity contribution in [2.45, 2.75) is 40.0 Å². The molecule has 1 saturated carbocycles. The van der Waals surface area contributed by atoms with Gasteiger partial charge in [0, 0.05) is 9.26 Å². The number of anilines is 1. The first-order valence-electron chi connectivity index (χ1n) is 7.99. The van der Waals surface area contributed by atoms with Gasteiger partial charge in [-0.1, -0.05) is 27.2 Å². The van der Waals surface area contributed by atoms with Crippen molar-refractivity contribution < 1.29 is 14.7 Å². The summed E-state index contributed by atoms with van der Waals surface area (Å²) in [6.45, 7) is 6.27. The summed E-state index contributed by atoms with van der Waals surface area (Å²) in [6, 6.07) is 7.55. The molecule has 23 heavy (non-hydrogen) atoms. The standard InChI is InChI=1S/C18H24INO3/c1-18(2,3)14-6-4-5-13(17(22)23)15(14)16(21)20-12-9-7-11(19)8-10-12/h7-10,13-15H,4-6H2,1-3H3,(H,20,21)(H,22,23). The summed E-state index contributed by atoms with van der Waals surface area (Å²) < 4.78 is 1.09. The van der Waals surface area contributed by atoms with Crippen LogP contribution in [0.15, 0.2) is 24.3 Å². The number of carboxylic acids is 1. The van der Waals surface area contributed by atoms with Crippen LogP contribution in [0.4, 0.5) is 5.69 Å². The predicted molar refractivity (Wildman–Crippen MR) is 99.2 cm³/mol. The average molecular weight is 429 g/mol. The first-order chi connectivity index (χ1) is 10.7. The van der Waals surface area contributed by atoms with Crippen molar-refractivity contribution in [2.75, 3.05) is 5.32 Å². The SMILES string of the molecule is CC(C)(C)C1CCCC(C(=O)O)C1C(=O)Nc1ccc(I)cc1. The maximum atomic E-state index is 12.8. The second kappa shape index (κ2) is 7.20. The summed E-state index contributed by atoms with van der Waals surface area (Å²) in [4.78, 5) is 24.5. The lowest BCUT2D eigenvalue weighted by Crippen LogP contribution is -2.45. The van der Waals surface area contributed by atoms with Crippen LogP contribution in [-0.4, -0.2) is 17.0 Å². The van der Waals surface area contributed by atoms with Gasteiger partial charge in [-0.25, -0.2) is 0 Å². The number of rotatable bonds is 3. The Morgan fingerprint density at radius 3 is 2.30 bits per heavy atom. The third-order valence-corrected chi connectivity index (χ3v) is 5.46. The Morgan fingerprint density at radius 2 is 1.78 bits per heavy atom. The number of hydrogen-bond acceptors (Lipinski definition) is 2. The van der Waals surface area contributed by atoms with E-state index in [0.717, 1.165) is 22.1 Å². The van der Waals surface area contributed by atoms with Gasteiger partial charge in [-0.15, -0.1) is 0 Å². The van der Waals surface area contributed by atoms with E-state index in [2.05, 4.69) is 48.7 Å². The lowest BCUT2D eigenvalue weighted by molar-refractivity contribution is -0.151. The van der Waals surface area contributed by atoms with E-state index < -0.39 is 17.8 Å². The molecule has 2 N–H and O–H groups in total. The van der Waals surface area contributed by atoms with Gasteiger partial charge in [-0.3, -0.25) is 9.59 Å². The maximum absolute atomic E-state index is 12.8. The van der Waals surface area contributed by atoms with Crippen LogP contribution in [0.1, 0.15) is 40.0 Å². The molecular formula is C18H24INO3. The molecule has 1 amide bonds. The average Bonchev–Trinajstić information content (AvgIpc) is 2.47. The molecule has 3 atom stereocenters.